The summed E-state index contributed by atoms with van der Waals surface area (Å²) in [6.45, 7) is 2.37. The number of halogens is 3. The molecule has 7 nitrogen and oxygen atoms in total. The zero-order chi connectivity index (χ0) is 23.1. The Morgan fingerprint density at radius 2 is 2.00 bits per heavy atom. The van der Waals surface area contributed by atoms with Gasteiger partial charge in [-0.3, -0.25) is 14.5 Å². The Balaban J connectivity index is 1.10. The number of benzene rings is 2. The van der Waals surface area contributed by atoms with Gasteiger partial charge in [0.15, 0.2) is 12.4 Å². The molecule has 0 spiro atoms. The molecule has 1 amide bonds. The van der Waals surface area contributed by atoms with E-state index in [1.54, 1.807) is 12.1 Å². The Morgan fingerprint density at radius 3 is 2.73 bits per heavy atom. The van der Waals surface area contributed by atoms with E-state index >= 15 is 0 Å². The Morgan fingerprint density at radius 1 is 1.21 bits per heavy atom. The van der Waals surface area contributed by atoms with Gasteiger partial charge >= 0.3 is 0 Å². The quantitative estimate of drug-likeness (QED) is 0.618. The molecule has 5 rings (SSSR count). The van der Waals surface area contributed by atoms with Gasteiger partial charge in [0.05, 0.1) is 42.5 Å². The molecule has 0 aromatic heterocycles. The fraction of sp³-hybridized carbons (Fsp3) is 0.391. The normalized spacial score (nSPS) is 18.6. The number of carbonyl (C=O) groups is 2. The van der Waals surface area contributed by atoms with Gasteiger partial charge in [0.25, 0.3) is 5.91 Å². The molecule has 3 aliphatic heterocycles. The topological polar surface area (TPSA) is 71.1 Å². The number of hydrogen-bond acceptors (Lipinski definition) is 6. The molecule has 3 aliphatic rings. The van der Waals surface area contributed by atoms with Crippen LogP contribution in [-0.4, -0.2) is 68.7 Å². The van der Waals surface area contributed by atoms with Crippen LogP contribution >= 0.6 is 11.6 Å². The summed E-state index contributed by atoms with van der Waals surface area (Å²) in [6, 6.07) is 7.87. The van der Waals surface area contributed by atoms with E-state index in [9.17, 15) is 18.4 Å². The number of fused-ring (bicyclic) bond motifs is 1. The highest BCUT2D eigenvalue weighted by atomic mass is 35.5. The van der Waals surface area contributed by atoms with Crippen LogP contribution in [0, 0.1) is 11.7 Å². The molecule has 0 atom stereocenters. The number of ether oxygens (including phenoxy) is 2. The third-order valence-corrected chi connectivity index (χ3v) is 6.29. The number of alkyl halides is 1. The Labute approximate surface area is 194 Å². The van der Waals surface area contributed by atoms with Gasteiger partial charge in [-0.2, -0.15) is 0 Å². The fourth-order valence-electron chi connectivity index (χ4n) is 4.16. The van der Waals surface area contributed by atoms with E-state index in [0.717, 1.165) is 11.8 Å². The van der Waals surface area contributed by atoms with E-state index in [1.165, 1.54) is 6.07 Å². The first-order valence-electron chi connectivity index (χ1n) is 10.7. The standard InChI is InChI=1S/C23H22ClF2N3O4/c24-17-3-15(29-8-14(25)9-29)1-2-21(17)32-11-13-6-28(7-13)10-20(30)16-4-19-22(5-18(16)26)33-12-23(31)27-19/h1-5,13-14H,6-12H2,(H,27,31). The lowest BCUT2D eigenvalue weighted by Crippen LogP contribution is -2.51. The van der Waals surface area contributed by atoms with Crippen molar-refractivity contribution in [2.45, 2.75) is 6.17 Å². The van der Waals surface area contributed by atoms with E-state index in [2.05, 4.69) is 5.32 Å². The minimum atomic E-state index is -0.785. The molecular weight excluding hydrogens is 456 g/mol. The highest BCUT2D eigenvalue weighted by molar-refractivity contribution is 6.32. The number of likely N-dealkylation sites (tertiary alicyclic amines) is 1. The van der Waals surface area contributed by atoms with E-state index in [-0.39, 0.29) is 42.1 Å². The van der Waals surface area contributed by atoms with E-state index in [1.807, 2.05) is 15.9 Å². The molecule has 10 heteroatoms. The van der Waals surface area contributed by atoms with Crippen LogP contribution in [0.15, 0.2) is 30.3 Å². The summed E-state index contributed by atoms with van der Waals surface area (Å²) in [5.74, 6) is -0.386. The monoisotopic (exact) mass is 477 g/mol. The van der Waals surface area contributed by atoms with Crippen molar-refractivity contribution in [3.63, 3.8) is 0 Å². The molecule has 2 aromatic carbocycles. The fourth-order valence-corrected chi connectivity index (χ4v) is 4.39. The molecule has 2 aromatic rings. The predicted molar refractivity (Wildman–Crippen MR) is 119 cm³/mol. The first kappa shape index (κ1) is 21.9. The smallest absolute Gasteiger partial charge is 0.262 e. The number of Topliss-reactive ketones (excluding diaryl/α,β-unsaturated/α-hetero) is 1. The zero-order valence-electron chi connectivity index (χ0n) is 17.7. The van der Waals surface area contributed by atoms with Crippen molar-refractivity contribution < 1.29 is 27.8 Å². The maximum absolute atomic E-state index is 14.4. The van der Waals surface area contributed by atoms with E-state index in [0.29, 0.717) is 49.2 Å². The van der Waals surface area contributed by atoms with Gasteiger partial charge in [0, 0.05) is 30.8 Å². The second-order valence-electron chi connectivity index (χ2n) is 8.58. The third kappa shape index (κ3) is 4.60. The molecule has 3 heterocycles. The number of nitrogens with one attached hydrogen (secondary N) is 1. The lowest BCUT2D eigenvalue weighted by molar-refractivity contribution is -0.118. The Kier molecular flexibility index (Phi) is 5.84. The lowest BCUT2D eigenvalue weighted by atomic mass is 9.99. The summed E-state index contributed by atoms with van der Waals surface area (Å²) in [7, 11) is 0. The van der Waals surface area contributed by atoms with Gasteiger partial charge in [-0.15, -0.1) is 0 Å². The highest BCUT2D eigenvalue weighted by Crippen LogP contribution is 2.33. The average molecular weight is 478 g/mol. The summed E-state index contributed by atoms with van der Waals surface area (Å²) in [4.78, 5) is 27.9. The van der Waals surface area contributed by atoms with Gasteiger partial charge in [0.2, 0.25) is 0 Å². The number of amides is 1. The molecule has 2 fully saturated rings. The van der Waals surface area contributed by atoms with Crippen LogP contribution in [0.5, 0.6) is 11.5 Å². The number of nitrogens with zero attached hydrogens (tertiary/aromatic N) is 2. The molecule has 2 saturated heterocycles. The molecule has 174 valence electrons. The zero-order valence-corrected chi connectivity index (χ0v) is 18.4. The Hall–Kier alpha value is -2.91. The van der Waals surface area contributed by atoms with Crippen molar-refractivity contribution in [2.75, 3.05) is 56.2 Å². The minimum Gasteiger partial charge on any atom is -0.492 e. The molecule has 0 radical (unpaired) electrons. The van der Waals surface area contributed by atoms with Gasteiger partial charge in [-0.25, -0.2) is 8.78 Å². The first-order chi connectivity index (χ1) is 15.9. The van der Waals surface area contributed by atoms with Crippen molar-refractivity contribution >= 4 is 34.7 Å². The van der Waals surface area contributed by atoms with Crippen LogP contribution in [0.1, 0.15) is 10.4 Å². The largest absolute Gasteiger partial charge is 0.492 e. The van der Waals surface area contributed by atoms with Crippen LogP contribution in [0.2, 0.25) is 5.02 Å². The summed E-state index contributed by atoms with van der Waals surface area (Å²) >= 11 is 6.30. The van der Waals surface area contributed by atoms with Crippen molar-refractivity contribution in [1.82, 2.24) is 4.90 Å². The molecule has 0 bridgehead atoms. The molecular formula is C23H22ClF2N3O4. The van der Waals surface area contributed by atoms with E-state index < -0.39 is 12.0 Å². The maximum Gasteiger partial charge on any atom is 0.262 e. The predicted octanol–water partition coefficient (Wildman–Crippen LogP) is 3.16. The summed E-state index contributed by atoms with van der Waals surface area (Å²) in [6.07, 6.45) is -0.785. The molecule has 0 unspecified atom stereocenters. The first-order valence-corrected chi connectivity index (χ1v) is 11.1. The van der Waals surface area contributed by atoms with Gasteiger partial charge in [0.1, 0.15) is 23.5 Å². The number of carbonyl (C=O) groups excluding carboxylic acids is 2. The second kappa shape index (κ2) is 8.79. The summed E-state index contributed by atoms with van der Waals surface area (Å²) in [5, 5.41) is 3.05. The SMILES string of the molecule is O=C1COc2cc(F)c(C(=O)CN3CC(COc4ccc(N5CC(F)C5)cc4Cl)C3)cc2N1. The molecule has 0 saturated carbocycles. The summed E-state index contributed by atoms with van der Waals surface area (Å²) in [5.41, 5.74) is 1.09. The minimum absolute atomic E-state index is 0.0713. The summed E-state index contributed by atoms with van der Waals surface area (Å²) < 4.78 is 38.4. The van der Waals surface area contributed by atoms with Crippen LogP contribution < -0.4 is 19.7 Å². The number of anilines is 2. The molecule has 1 N–H and O–H groups in total. The number of ketones is 1. The van der Waals surface area contributed by atoms with Gasteiger partial charge in [-0.05, 0) is 24.3 Å². The van der Waals surface area contributed by atoms with Crippen molar-refractivity contribution in [1.29, 1.82) is 0 Å². The lowest BCUT2D eigenvalue weighted by Gasteiger charge is -2.38. The molecule has 33 heavy (non-hydrogen) atoms. The maximum atomic E-state index is 14.4. The average Bonchev–Trinajstić information content (AvgIpc) is 2.73. The number of hydrogen-bond donors (Lipinski definition) is 1. The highest BCUT2D eigenvalue weighted by Gasteiger charge is 2.31. The van der Waals surface area contributed by atoms with Crippen LogP contribution in [0.4, 0.5) is 20.2 Å². The second-order valence-corrected chi connectivity index (χ2v) is 8.98. The van der Waals surface area contributed by atoms with Gasteiger partial charge < -0.3 is 19.7 Å². The van der Waals surface area contributed by atoms with Crippen molar-refractivity contribution in [3.05, 3.63) is 46.7 Å². The van der Waals surface area contributed by atoms with Crippen LogP contribution in [0.25, 0.3) is 0 Å². The van der Waals surface area contributed by atoms with Crippen LogP contribution in [0.3, 0.4) is 0 Å². The van der Waals surface area contributed by atoms with Crippen molar-refractivity contribution in [2.24, 2.45) is 5.92 Å². The molecule has 0 aliphatic carbocycles. The third-order valence-electron chi connectivity index (χ3n) is 5.99. The van der Waals surface area contributed by atoms with Crippen LogP contribution in [-0.2, 0) is 4.79 Å². The van der Waals surface area contributed by atoms with Crippen molar-refractivity contribution in [3.8, 4) is 11.5 Å². The number of rotatable bonds is 7. The Bertz CT molecular complexity index is 1100. The van der Waals surface area contributed by atoms with Gasteiger partial charge in [-0.1, -0.05) is 11.6 Å². The van der Waals surface area contributed by atoms with E-state index in [4.69, 9.17) is 21.1 Å².